The molecule has 272 valence electrons. The molecule has 1 aromatic carbocycles. The molecule has 1 fully saturated rings. The summed E-state index contributed by atoms with van der Waals surface area (Å²) in [5.41, 5.74) is 2.03. The molecule has 3 aromatic rings. The Bertz CT molecular complexity index is 1200. The molecule has 12 nitrogen and oxygen atoms in total. The summed E-state index contributed by atoms with van der Waals surface area (Å²) in [4.78, 5) is 32.9. The van der Waals surface area contributed by atoms with Crippen molar-refractivity contribution in [3.8, 4) is 5.75 Å². The van der Waals surface area contributed by atoms with Crippen LogP contribution in [0.25, 0.3) is 0 Å². The minimum Gasteiger partial charge on any atom is -0.490 e. The highest BCUT2D eigenvalue weighted by Crippen LogP contribution is 2.38. The molecular formula is C35H62N8O4S. The second-order valence-corrected chi connectivity index (χ2v) is 9.70. The smallest absolute Gasteiger partial charge is 0.204 e. The SMILES string of the molecule is C=CCOC.CC.CC.CC.CC=O.CC=O.CNc1ccc(Sc2nc(Nc3cc(C)[nH]n3)c(OC)c(N3CCN(C)CC3)n2)cc1. The van der Waals surface area contributed by atoms with Gasteiger partial charge in [0.2, 0.25) is 5.75 Å². The van der Waals surface area contributed by atoms with Gasteiger partial charge in [-0.3, -0.25) is 5.10 Å². The van der Waals surface area contributed by atoms with Crippen molar-refractivity contribution in [1.29, 1.82) is 0 Å². The maximum atomic E-state index is 8.81. The van der Waals surface area contributed by atoms with Crippen LogP contribution in [0.3, 0.4) is 0 Å². The number of anilines is 4. The fourth-order valence-corrected chi connectivity index (χ4v) is 4.24. The van der Waals surface area contributed by atoms with Crippen molar-refractivity contribution in [2.45, 2.75) is 72.4 Å². The second kappa shape index (κ2) is 33.0. The van der Waals surface area contributed by atoms with E-state index in [9.17, 15) is 0 Å². The standard InChI is InChI=1S/C21H28N8OS.C4H8O.2C2H4O.3C2H6/c1-14-13-17(27-26-14)23-19-18(30-4)20(29-11-9-28(3)10-12-29)25-21(24-19)31-16-7-5-15(22-2)6-8-16;1-3-4-5-2;2*1-2-3;3*1-2/h5-8,13,22H,9-12H2,1-4H3,(H2,23,24,25,26,27);3H,1,4H2,2H3;2*2H,1H3;3*1-2H3. The molecule has 1 aliphatic heterocycles. The van der Waals surface area contributed by atoms with Gasteiger partial charge in [0.25, 0.3) is 0 Å². The van der Waals surface area contributed by atoms with E-state index in [2.05, 4.69) is 61.1 Å². The average molecular weight is 691 g/mol. The molecule has 2 aromatic heterocycles. The van der Waals surface area contributed by atoms with Crippen LogP contribution >= 0.6 is 11.8 Å². The van der Waals surface area contributed by atoms with Gasteiger partial charge in [0.05, 0.1) is 13.7 Å². The fraction of sp³-hybridized carbons (Fsp3) is 0.514. The van der Waals surface area contributed by atoms with E-state index in [1.807, 2.05) is 73.7 Å². The van der Waals surface area contributed by atoms with Crippen LogP contribution in [-0.4, -0.2) is 98.7 Å². The van der Waals surface area contributed by atoms with E-state index in [1.165, 1.54) is 25.6 Å². The molecule has 0 aliphatic carbocycles. The number of hydrogen-bond acceptors (Lipinski definition) is 12. The number of benzene rings is 1. The molecular weight excluding hydrogens is 629 g/mol. The first kappa shape index (κ1) is 48.5. The van der Waals surface area contributed by atoms with Crippen LogP contribution in [0.4, 0.5) is 23.1 Å². The Kier molecular flexibility index (Phi) is 33.3. The number of H-pyrrole nitrogens is 1. The molecule has 0 saturated carbocycles. The molecule has 13 heteroatoms. The number of carbonyl (C=O) groups is 2. The summed E-state index contributed by atoms with van der Waals surface area (Å²) in [6, 6.07) is 10.1. The summed E-state index contributed by atoms with van der Waals surface area (Å²) in [5, 5.41) is 14.3. The van der Waals surface area contributed by atoms with Gasteiger partial charge in [0, 0.05) is 62.7 Å². The van der Waals surface area contributed by atoms with Crippen LogP contribution in [0.1, 0.15) is 61.1 Å². The molecule has 1 aliphatic rings. The third-order valence-electron chi connectivity index (χ3n) is 5.42. The van der Waals surface area contributed by atoms with Crippen molar-refractivity contribution < 1.29 is 19.1 Å². The summed E-state index contributed by atoms with van der Waals surface area (Å²) in [6.07, 6.45) is 3.21. The van der Waals surface area contributed by atoms with E-state index >= 15 is 0 Å². The van der Waals surface area contributed by atoms with Crippen molar-refractivity contribution in [2.24, 2.45) is 0 Å². The normalized spacial score (nSPS) is 11.1. The summed E-state index contributed by atoms with van der Waals surface area (Å²) in [7, 11) is 7.34. The highest BCUT2D eigenvalue weighted by molar-refractivity contribution is 7.99. The van der Waals surface area contributed by atoms with Gasteiger partial charge in [0.1, 0.15) is 12.6 Å². The van der Waals surface area contributed by atoms with Crippen LogP contribution in [0, 0.1) is 6.92 Å². The number of rotatable bonds is 9. The van der Waals surface area contributed by atoms with Crippen LogP contribution in [0.15, 0.2) is 53.0 Å². The Hall–Kier alpha value is -3.94. The number of aromatic amines is 1. The predicted octanol–water partition coefficient (Wildman–Crippen LogP) is 7.51. The van der Waals surface area contributed by atoms with Crippen molar-refractivity contribution >= 4 is 47.5 Å². The molecule has 1 saturated heterocycles. The van der Waals surface area contributed by atoms with E-state index in [1.54, 1.807) is 20.3 Å². The lowest BCUT2D eigenvalue weighted by Gasteiger charge is -2.34. The predicted molar refractivity (Wildman–Crippen MR) is 205 cm³/mol. The van der Waals surface area contributed by atoms with Crippen molar-refractivity contribution in [3.63, 3.8) is 0 Å². The van der Waals surface area contributed by atoms with E-state index in [-0.39, 0.29) is 0 Å². The van der Waals surface area contributed by atoms with E-state index < -0.39 is 0 Å². The maximum absolute atomic E-state index is 8.81. The molecule has 0 radical (unpaired) electrons. The monoisotopic (exact) mass is 690 g/mol. The lowest BCUT2D eigenvalue weighted by Crippen LogP contribution is -2.45. The lowest BCUT2D eigenvalue weighted by molar-refractivity contribution is -0.106. The van der Waals surface area contributed by atoms with Gasteiger partial charge < -0.3 is 39.5 Å². The first-order valence-electron chi connectivity index (χ1n) is 16.3. The van der Waals surface area contributed by atoms with Crippen LogP contribution < -0.4 is 20.3 Å². The van der Waals surface area contributed by atoms with Crippen molar-refractivity contribution in [1.82, 2.24) is 25.1 Å². The molecule has 3 N–H and O–H groups in total. The zero-order chi connectivity index (χ0) is 37.3. The molecule has 0 amide bonds. The third kappa shape index (κ3) is 20.3. The molecule has 48 heavy (non-hydrogen) atoms. The summed E-state index contributed by atoms with van der Waals surface area (Å²) < 4.78 is 10.3. The maximum Gasteiger partial charge on any atom is 0.204 e. The number of nitrogens with one attached hydrogen (secondary N) is 3. The highest BCUT2D eigenvalue weighted by atomic mass is 32.2. The van der Waals surface area contributed by atoms with Gasteiger partial charge in [-0.1, -0.05) is 47.6 Å². The largest absolute Gasteiger partial charge is 0.490 e. The summed E-state index contributed by atoms with van der Waals surface area (Å²) >= 11 is 1.52. The Morgan fingerprint density at radius 1 is 0.958 bits per heavy atom. The molecule has 3 heterocycles. The number of nitrogens with zero attached hydrogens (tertiary/aromatic N) is 5. The zero-order valence-corrected chi connectivity index (χ0v) is 32.5. The van der Waals surface area contributed by atoms with Crippen LogP contribution in [-0.2, 0) is 14.3 Å². The van der Waals surface area contributed by atoms with Gasteiger partial charge in [-0.05, 0) is 63.8 Å². The average Bonchev–Trinajstić information content (AvgIpc) is 3.53. The van der Waals surface area contributed by atoms with Gasteiger partial charge in [-0.2, -0.15) is 5.10 Å². The van der Waals surface area contributed by atoms with Gasteiger partial charge >= 0.3 is 0 Å². The Morgan fingerprint density at radius 3 is 1.90 bits per heavy atom. The number of ether oxygens (including phenoxy) is 2. The number of aldehydes is 2. The Balaban J connectivity index is -0.00000101. The van der Waals surface area contributed by atoms with Crippen LogP contribution in [0.2, 0.25) is 0 Å². The number of carbonyl (C=O) groups excluding carboxylic acids is 2. The topological polar surface area (TPSA) is 138 Å². The first-order valence-corrected chi connectivity index (χ1v) is 17.2. The van der Waals surface area contributed by atoms with E-state index in [0.717, 1.165) is 60.8 Å². The number of aromatic nitrogens is 4. The lowest BCUT2D eigenvalue weighted by atomic mass is 10.3. The van der Waals surface area contributed by atoms with Crippen molar-refractivity contribution in [3.05, 3.63) is 48.7 Å². The number of aryl methyl sites for hydroxylation is 1. The van der Waals surface area contributed by atoms with E-state index in [4.69, 9.17) is 24.3 Å². The van der Waals surface area contributed by atoms with Crippen LogP contribution in [0.5, 0.6) is 5.75 Å². The quantitative estimate of drug-likeness (QED) is 0.116. The first-order chi connectivity index (χ1) is 23.3. The van der Waals surface area contributed by atoms with Crippen molar-refractivity contribution in [2.75, 3.05) is 76.6 Å². The highest BCUT2D eigenvalue weighted by Gasteiger charge is 2.24. The second-order valence-electron chi connectivity index (χ2n) is 8.66. The third-order valence-corrected chi connectivity index (χ3v) is 6.30. The molecule has 0 atom stereocenters. The number of piperazine rings is 1. The summed E-state index contributed by atoms with van der Waals surface area (Å²) in [5.74, 6) is 2.72. The minimum absolute atomic E-state index is 0.604. The van der Waals surface area contributed by atoms with Gasteiger partial charge in [-0.25, -0.2) is 9.97 Å². The fourth-order valence-electron chi connectivity index (χ4n) is 3.49. The zero-order valence-electron chi connectivity index (χ0n) is 31.6. The number of likely N-dealkylation sites (N-methyl/N-ethyl adjacent to an activating group) is 1. The number of methoxy groups -OCH3 is 2. The number of hydrogen-bond donors (Lipinski definition) is 3. The van der Waals surface area contributed by atoms with E-state index in [0.29, 0.717) is 29.1 Å². The molecule has 0 bridgehead atoms. The molecule has 0 spiro atoms. The Morgan fingerprint density at radius 2 is 1.50 bits per heavy atom. The van der Waals surface area contributed by atoms with Gasteiger partial charge in [-0.15, -0.1) is 6.58 Å². The summed E-state index contributed by atoms with van der Waals surface area (Å²) in [6.45, 7) is 24.6. The molecule has 4 rings (SSSR count). The Labute approximate surface area is 294 Å². The van der Waals surface area contributed by atoms with Gasteiger partial charge in [0.15, 0.2) is 22.6 Å². The minimum atomic E-state index is 0.604. The molecule has 0 unspecified atom stereocenters.